The van der Waals surface area contributed by atoms with Crippen LogP contribution in [0.25, 0.3) is 0 Å². The van der Waals surface area contributed by atoms with Crippen LogP contribution in [0.4, 0.5) is 0 Å². The van der Waals surface area contributed by atoms with E-state index in [-0.39, 0.29) is 6.42 Å². The lowest BCUT2D eigenvalue weighted by atomic mass is 10.1. The summed E-state index contributed by atoms with van der Waals surface area (Å²) >= 11 is 0. The zero-order valence-corrected chi connectivity index (χ0v) is 11.1. The number of nitrogens with one attached hydrogen (secondary N) is 1. The van der Waals surface area contributed by atoms with E-state index in [9.17, 15) is 4.79 Å². The van der Waals surface area contributed by atoms with Crippen LogP contribution in [0.1, 0.15) is 64.7 Å². The van der Waals surface area contributed by atoms with E-state index in [2.05, 4.69) is 18.3 Å². The first-order chi connectivity index (χ1) is 8.27. The van der Waals surface area contributed by atoms with E-state index in [0.29, 0.717) is 6.54 Å². The zero-order chi connectivity index (χ0) is 12.8. The average molecular weight is 241 g/mol. The predicted octanol–water partition coefficient (Wildman–Crippen LogP) is 3.71. The number of allylic oxidation sites excluding steroid dienone is 1. The minimum Gasteiger partial charge on any atom is -0.481 e. The SMILES string of the molecule is CCCCCCCCCC=CNCCC(=O)O. The van der Waals surface area contributed by atoms with Gasteiger partial charge in [-0.2, -0.15) is 0 Å². The Labute approximate surface area is 105 Å². The molecule has 100 valence electrons. The van der Waals surface area contributed by atoms with Gasteiger partial charge in [-0.1, -0.05) is 51.5 Å². The lowest BCUT2D eigenvalue weighted by Gasteiger charge is -1.99. The van der Waals surface area contributed by atoms with Crippen LogP contribution in [0.15, 0.2) is 12.3 Å². The molecule has 0 aromatic carbocycles. The first-order valence-electron chi connectivity index (χ1n) is 6.87. The smallest absolute Gasteiger partial charge is 0.305 e. The second kappa shape index (κ2) is 13.1. The minimum absolute atomic E-state index is 0.182. The summed E-state index contributed by atoms with van der Waals surface area (Å²) in [7, 11) is 0. The van der Waals surface area contributed by atoms with E-state index in [4.69, 9.17) is 5.11 Å². The van der Waals surface area contributed by atoms with Crippen LogP contribution in [0, 0.1) is 0 Å². The molecule has 0 aromatic heterocycles. The summed E-state index contributed by atoms with van der Waals surface area (Å²) in [6, 6.07) is 0. The highest BCUT2D eigenvalue weighted by molar-refractivity contribution is 5.66. The second-order valence-electron chi connectivity index (χ2n) is 4.41. The van der Waals surface area contributed by atoms with Crippen molar-refractivity contribution >= 4 is 5.97 Å². The Bertz CT molecular complexity index is 202. The van der Waals surface area contributed by atoms with E-state index in [0.717, 1.165) is 6.42 Å². The number of hydrogen-bond donors (Lipinski definition) is 2. The van der Waals surface area contributed by atoms with Gasteiger partial charge in [0.15, 0.2) is 0 Å². The maximum absolute atomic E-state index is 10.2. The molecule has 0 aliphatic heterocycles. The molecule has 0 atom stereocenters. The van der Waals surface area contributed by atoms with Gasteiger partial charge in [0.05, 0.1) is 6.42 Å². The average Bonchev–Trinajstić information content (AvgIpc) is 2.30. The van der Waals surface area contributed by atoms with E-state index >= 15 is 0 Å². The molecule has 0 heterocycles. The normalized spacial score (nSPS) is 10.9. The van der Waals surface area contributed by atoms with Crippen LogP contribution in [-0.4, -0.2) is 17.6 Å². The summed E-state index contributed by atoms with van der Waals surface area (Å²) in [5.74, 6) is -0.752. The quantitative estimate of drug-likeness (QED) is 0.512. The molecular formula is C14H27NO2. The molecule has 0 aromatic rings. The summed E-state index contributed by atoms with van der Waals surface area (Å²) in [4.78, 5) is 10.2. The summed E-state index contributed by atoms with van der Waals surface area (Å²) < 4.78 is 0. The number of rotatable bonds is 12. The highest BCUT2D eigenvalue weighted by Gasteiger charge is 1.92. The van der Waals surface area contributed by atoms with E-state index in [1.54, 1.807) is 0 Å². The first-order valence-corrected chi connectivity index (χ1v) is 6.87. The van der Waals surface area contributed by atoms with Gasteiger partial charge in [0, 0.05) is 6.54 Å². The molecule has 0 saturated carbocycles. The zero-order valence-electron chi connectivity index (χ0n) is 11.1. The van der Waals surface area contributed by atoms with E-state index in [1.165, 1.54) is 44.9 Å². The van der Waals surface area contributed by atoms with Crippen molar-refractivity contribution in [3.63, 3.8) is 0 Å². The maximum atomic E-state index is 10.2. The van der Waals surface area contributed by atoms with Crippen molar-refractivity contribution in [2.75, 3.05) is 6.54 Å². The summed E-state index contributed by atoms with van der Waals surface area (Å²) in [6.07, 6.45) is 14.6. The van der Waals surface area contributed by atoms with Gasteiger partial charge in [-0.3, -0.25) is 4.79 Å². The fourth-order valence-electron chi connectivity index (χ4n) is 1.65. The van der Waals surface area contributed by atoms with Gasteiger partial charge in [-0.15, -0.1) is 0 Å². The molecule has 0 radical (unpaired) electrons. The van der Waals surface area contributed by atoms with Gasteiger partial charge in [-0.05, 0) is 19.0 Å². The van der Waals surface area contributed by atoms with Gasteiger partial charge >= 0.3 is 5.97 Å². The monoisotopic (exact) mass is 241 g/mol. The maximum Gasteiger partial charge on any atom is 0.305 e. The van der Waals surface area contributed by atoms with Gasteiger partial charge < -0.3 is 10.4 Å². The Morgan fingerprint density at radius 3 is 2.41 bits per heavy atom. The molecule has 0 amide bonds. The summed E-state index contributed by atoms with van der Waals surface area (Å²) in [5, 5.41) is 11.4. The number of carboxylic acids is 1. The summed E-state index contributed by atoms with van der Waals surface area (Å²) in [6.45, 7) is 2.75. The van der Waals surface area contributed by atoms with E-state index in [1.807, 2.05) is 6.20 Å². The second-order valence-corrected chi connectivity index (χ2v) is 4.41. The van der Waals surface area contributed by atoms with Crippen molar-refractivity contribution in [2.24, 2.45) is 0 Å². The van der Waals surface area contributed by atoms with Gasteiger partial charge in [-0.25, -0.2) is 0 Å². The van der Waals surface area contributed by atoms with Crippen LogP contribution in [0.3, 0.4) is 0 Å². The minimum atomic E-state index is -0.752. The molecule has 0 spiro atoms. The molecule has 17 heavy (non-hydrogen) atoms. The number of hydrogen-bond acceptors (Lipinski definition) is 2. The van der Waals surface area contributed by atoms with Crippen molar-refractivity contribution in [2.45, 2.75) is 64.7 Å². The third kappa shape index (κ3) is 15.0. The van der Waals surface area contributed by atoms with Crippen LogP contribution in [-0.2, 0) is 4.79 Å². The highest BCUT2D eigenvalue weighted by atomic mass is 16.4. The van der Waals surface area contributed by atoms with Crippen molar-refractivity contribution < 1.29 is 9.90 Å². The third-order valence-corrected chi connectivity index (χ3v) is 2.69. The Morgan fingerprint density at radius 1 is 1.12 bits per heavy atom. The van der Waals surface area contributed by atoms with Crippen LogP contribution in [0.2, 0.25) is 0 Å². The molecule has 0 saturated heterocycles. The number of aliphatic carboxylic acids is 1. The van der Waals surface area contributed by atoms with Crippen LogP contribution < -0.4 is 5.32 Å². The molecule has 3 nitrogen and oxygen atoms in total. The Kier molecular flexibility index (Phi) is 12.3. The standard InChI is InChI=1S/C14H27NO2/c1-2-3-4-5-6-7-8-9-10-12-15-13-11-14(16)17/h10,12,15H,2-9,11,13H2,1H3,(H,16,17). The molecule has 0 aliphatic carbocycles. The largest absolute Gasteiger partial charge is 0.481 e. The Hall–Kier alpha value is -0.990. The predicted molar refractivity (Wildman–Crippen MR) is 72.0 cm³/mol. The number of carbonyl (C=O) groups is 1. The molecular weight excluding hydrogens is 214 g/mol. The molecule has 0 fully saturated rings. The van der Waals surface area contributed by atoms with Gasteiger partial charge in [0.25, 0.3) is 0 Å². The fourth-order valence-corrected chi connectivity index (χ4v) is 1.65. The fraction of sp³-hybridized carbons (Fsp3) is 0.786. The number of carboxylic acid groups (broad SMARTS) is 1. The molecule has 0 rings (SSSR count). The van der Waals surface area contributed by atoms with Gasteiger partial charge in [0.1, 0.15) is 0 Å². The molecule has 0 unspecified atom stereocenters. The first kappa shape index (κ1) is 16.0. The Morgan fingerprint density at radius 2 is 1.76 bits per heavy atom. The lowest BCUT2D eigenvalue weighted by molar-refractivity contribution is -0.136. The molecule has 0 aliphatic rings. The van der Waals surface area contributed by atoms with Crippen molar-refractivity contribution in [1.82, 2.24) is 5.32 Å². The topological polar surface area (TPSA) is 49.3 Å². The molecule has 0 bridgehead atoms. The van der Waals surface area contributed by atoms with Crippen molar-refractivity contribution in [3.8, 4) is 0 Å². The lowest BCUT2D eigenvalue weighted by Crippen LogP contribution is -2.11. The number of unbranched alkanes of at least 4 members (excludes halogenated alkanes) is 7. The molecule has 2 N–H and O–H groups in total. The van der Waals surface area contributed by atoms with E-state index < -0.39 is 5.97 Å². The van der Waals surface area contributed by atoms with Gasteiger partial charge in [0.2, 0.25) is 0 Å². The summed E-state index contributed by atoms with van der Waals surface area (Å²) in [5.41, 5.74) is 0. The van der Waals surface area contributed by atoms with Crippen LogP contribution in [0.5, 0.6) is 0 Å². The van der Waals surface area contributed by atoms with Crippen LogP contribution >= 0.6 is 0 Å². The third-order valence-electron chi connectivity index (χ3n) is 2.69. The molecule has 3 heteroatoms. The van der Waals surface area contributed by atoms with Crippen molar-refractivity contribution in [3.05, 3.63) is 12.3 Å². The highest BCUT2D eigenvalue weighted by Crippen LogP contribution is 2.08. The van der Waals surface area contributed by atoms with Crippen molar-refractivity contribution in [1.29, 1.82) is 0 Å². The Balaban J connectivity index is 3.06.